The first-order chi connectivity index (χ1) is 7.70. The summed E-state index contributed by atoms with van der Waals surface area (Å²) >= 11 is 0. The summed E-state index contributed by atoms with van der Waals surface area (Å²) in [5.41, 5.74) is 4.83. The fourth-order valence-corrected chi connectivity index (χ4v) is 2.55. The van der Waals surface area contributed by atoms with Crippen LogP contribution >= 0.6 is 0 Å². The lowest BCUT2D eigenvalue weighted by molar-refractivity contribution is -0.126. The lowest BCUT2D eigenvalue weighted by atomic mass is 9.80. The topological polar surface area (TPSA) is 70.9 Å². The zero-order valence-corrected chi connectivity index (χ0v) is 9.62. The molecule has 2 rings (SSSR count). The van der Waals surface area contributed by atoms with Crippen LogP contribution in [0.15, 0.2) is 12.3 Å². The van der Waals surface area contributed by atoms with Crippen LogP contribution in [0, 0.1) is 12.8 Å². The van der Waals surface area contributed by atoms with E-state index in [2.05, 4.69) is 23.4 Å². The molecule has 0 spiro atoms. The Bertz CT molecular complexity index is 364. The van der Waals surface area contributed by atoms with E-state index in [0.717, 1.165) is 25.7 Å². The molecule has 1 aliphatic carbocycles. The number of aromatic nitrogens is 1. The number of amides is 1. The minimum Gasteiger partial charge on any atom is -0.364 e. The Balaban J connectivity index is 1.92. The van der Waals surface area contributed by atoms with Gasteiger partial charge in [-0.05, 0) is 50.2 Å². The van der Waals surface area contributed by atoms with Crippen molar-refractivity contribution in [3.63, 3.8) is 0 Å². The van der Waals surface area contributed by atoms with Crippen molar-refractivity contribution in [2.45, 2.75) is 38.5 Å². The maximum Gasteiger partial charge on any atom is 0.236 e. The molecule has 16 heavy (non-hydrogen) atoms. The van der Waals surface area contributed by atoms with Crippen LogP contribution in [0.2, 0.25) is 0 Å². The molecule has 0 unspecified atom stereocenters. The van der Waals surface area contributed by atoms with Crippen molar-refractivity contribution in [2.75, 3.05) is 0 Å². The molecule has 4 N–H and O–H groups in total. The first-order valence-corrected chi connectivity index (χ1v) is 5.86. The molecule has 1 aliphatic rings. The Morgan fingerprint density at radius 1 is 1.44 bits per heavy atom. The molecule has 0 radical (unpaired) electrons. The number of H-pyrrole nitrogens is 1. The summed E-state index contributed by atoms with van der Waals surface area (Å²) < 4.78 is 0. The van der Waals surface area contributed by atoms with Gasteiger partial charge < -0.3 is 4.98 Å². The zero-order valence-electron chi connectivity index (χ0n) is 9.62. The van der Waals surface area contributed by atoms with Crippen LogP contribution in [0.5, 0.6) is 0 Å². The highest BCUT2D eigenvalue weighted by Gasteiger charge is 2.27. The monoisotopic (exact) mass is 221 g/mol. The van der Waals surface area contributed by atoms with Gasteiger partial charge in [-0.3, -0.25) is 10.2 Å². The van der Waals surface area contributed by atoms with Crippen LogP contribution < -0.4 is 11.3 Å². The van der Waals surface area contributed by atoms with Gasteiger partial charge >= 0.3 is 0 Å². The highest BCUT2D eigenvalue weighted by Crippen LogP contribution is 2.35. The Labute approximate surface area is 95.6 Å². The molecule has 1 amide bonds. The predicted octanol–water partition coefficient (Wildman–Crippen LogP) is 1.59. The van der Waals surface area contributed by atoms with Gasteiger partial charge in [-0.1, -0.05) is 0 Å². The van der Waals surface area contributed by atoms with Gasteiger partial charge in [0, 0.05) is 17.8 Å². The van der Waals surface area contributed by atoms with Crippen LogP contribution in [-0.2, 0) is 4.79 Å². The third-order valence-electron chi connectivity index (χ3n) is 3.53. The number of hydrogen-bond acceptors (Lipinski definition) is 2. The Hall–Kier alpha value is -1.29. The van der Waals surface area contributed by atoms with Crippen molar-refractivity contribution in [1.82, 2.24) is 10.4 Å². The van der Waals surface area contributed by atoms with Crippen LogP contribution in [0.1, 0.15) is 42.9 Å². The number of aromatic amines is 1. The summed E-state index contributed by atoms with van der Waals surface area (Å²) in [7, 11) is 0. The minimum absolute atomic E-state index is 0.0129. The number of nitrogens with two attached hydrogens (primary N) is 1. The molecule has 4 heteroatoms. The maximum absolute atomic E-state index is 11.4. The molecular formula is C12H19N3O. The molecule has 1 aromatic heterocycles. The summed E-state index contributed by atoms with van der Waals surface area (Å²) in [6.45, 7) is 2.09. The van der Waals surface area contributed by atoms with E-state index in [4.69, 9.17) is 5.84 Å². The van der Waals surface area contributed by atoms with Gasteiger partial charge in [0.05, 0.1) is 0 Å². The second kappa shape index (κ2) is 4.70. The second-order valence-corrected chi connectivity index (χ2v) is 4.69. The Morgan fingerprint density at radius 3 is 2.62 bits per heavy atom. The van der Waals surface area contributed by atoms with Crippen molar-refractivity contribution in [3.8, 4) is 0 Å². The number of carbonyl (C=O) groups is 1. The summed E-state index contributed by atoms with van der Waals surface area (Å²) in [4.78, 5) is 14.7. The molecule has 88 valence electrons. The average Bonchev–Trinajstić information content (AvgIpc) is 2.75. The van der Waals surface area contributed by atoms with E-state index in [1.165, 1.54) is 11.3 Å². The largest absolute Gasteiger partial charge is 0.364 e. The number of carbonyl (C=O) groups excluding carboxylic acids is 1. The molecular weight excluding hydrogens is 202 g/mol. The Kier molecular flexibility index (Phi) is 3.29. The average molecular weight is 221 g/mol. The van der Waals surface area contributed by atoms with E-state index >= 15 is 0 Å². The van der Waals surface area contributed by atoms with Gasteiger partial charge in [-0.25, -0.2) is 5.84 Å². The van der Waals surface area contributed by atoms with Crippen LogP contribution in [-0.4, -0.2) is 10.9 Å². The molecule has 0 bridgehead atoms. The highest BCUT2D eigenvalue weighted by atomic mass is 16.2. The van der Waals surface area contributed by atoms with E-state index in [0.29, 0.717) is 5.92 Å². The number of hydrogen-bond donors (Lipinski definition) is 3. The molecule has 4 nitrogen and oxygen atoms in total. The molecule has 0 aromatic carbocycles. The smallest absolute Gasteiger partial charge is 0.236 e. The first kappa shape index (κ1) is 11.2. The fraction of sp³-hybridized carbons (Fsp3) is 0.583. The third-order valence-corrected chi connectivity index (χ3v) is 3.53. The molecule has 0 aliphatic heterocycles. The molecule has 1 aromatic rings. The second-order valence-electron chi connectivity index (χ2n) is 4.69. The highest BCUT2D eigenvalue weighted by molar-refractivity contribution is 5.78. The van der Waals surface area contributed by atoms with E-state index < -0.39 is 0 Å². The standard InChI is InChI=1S/C12H19N3O/c1-8-6-11(14-7-8)9-2-4-10(5-3-9)12(16)15-13/h6-7,9-10,14H,2-5,13H2,1H3,(H,15,16). The number of nitrogens with one attached hydrogen (secondary N) is 2. The van der Waals surface area contributed by atoms with Crippen LogP contribution in [0.3, 0.4) is 0 Å². The van der Waals surface area contributed by atoms with E-state index in [-0.39, 0.29) is 11.8 Å². The van der Waals surface area contributed by atoms with E-state index in [9.17, 15) is 4.79 Å². The van der Waals surface area contributed by atoms with Crippen LogP contribution in [0.4, 0.5) is 0 Å². The summed E-state index contributed by atoms with van der Waals surface area (Å²) in [6, 6.07) is 2.20. The van der Waals surface area contributed by atoms with Crippen molar-refractivity contribution >= 4 is 5.91 Å². The minimum atomic E-state index is -0.0129. The van der Waals surface area contributed by atoms with Gasteiger partial charge in [-0.2, -0.15) is 0 Å². The lowest BCUT2D eigenvalue weighted by Crippen LogP contribution is -2.37. The number of aryl methyl sites for hydroxylation is 1. The van der Waals surface area contributed by atoms with E-state index in [1.807, 2.05) is 6.20 Å². The molecule has 0 saturated heterocycles. The quantitative estimate of drug-likeness (QED) is 0.403. The van der Waals surface area contributed by atoms with Crippen molar-refractivity contribution in [2.24, 2.45) is 11.8 Å². The normalized spacial score (nSPS) is 25.4. The lowest BCUT2D eigenvalue weighted by Gasteiger charge is -2.26. The number of hydrazine groups is 1. The first-order valence-electron chi connectivity index (χ1n) is 5.86. The van der Waals surface area contributed by atoms with Gasteiger partial charge in [-0.15, -0.1) is 0 Å². The van der Waals surface area contributed by atoms with Gasteiger partial charge in [0.2, 0.25) is 5.91 Å². The maximum atomic E-state index is 11.4. The summed E-state index contributed by atoms with van der Waals surface area (Å²) in [6.07, 6.45) is 6.04. The van der Waals surface area contributed by atoms with Gasteiger partial charge in [0.15, 0.2) is 0 Å². The van der Waals surface area contributed by atoms with Crippen molar-refractivity contribution in [3.05, 3.63) is 23.5 Å². The van der Waals surface area contributed by atoms with Crippen molar-refractivity contribution in [1.29, 1.82) is 0 Å². The molecule has 1 fully saturated rings. The molecule has 1 saturated carbocycles. The molecule has 0 atom stereocenters. The van der Waals surface area contributed by atoms with Crippen LogP contribution in [0.25, 0.3) is 0 Å². The Morgan fingerprint density at radius 2 is 2.12 bits per heavy atom. The summed E-state index contributed by atoms with van der Waals surface area (Å²) in [5.74, 6) is 5.82. The summed E-state index contributed by atoms with van der Waals surface area (Å²) in [5, 5.41) is 0. The predicted molar refractivity (Wildman–Crippen MR) is 62.6 cm³/mol. The fourth-order valence-electron chi connectivity index (χ4n) is 2.55. The van der Waals surface area contributed by atoms with Gasteiger partial charge in [0.1, 0.15) is 0 Å². The third kappa shape index (κ3) is 2.27. The molecule has 1 heterocycles. The number of rotatable bonds is 2. The van der Waals surface area contributed by atoms with Crippen molar-refractivity contribution < 1.29 is 4.79 Å². The van der Waals surface area contributed by atoms with Gasteiger partial charge in [0.25, 0.3) is 0 Å². The SMILES string of the molecule is Cc1c[nH]c(C2CCC(C(=O)NN)CC2)c1. The van der Waals surface area contributed by atoms with E-state index in [1.54, 1.807) is 0 Å². The zero-order chi connectivity index (χ0) is 11.5.